The highest BCUT2D eigenvalue weighted by molar-refractivity contribution is 5.79. The Labute approximate surface area is 188 Å². The first-order chi connectivity index (χ1) is 15.7. The first-order valence-corrected chi connectivity index (χ1v) is 10.6. The second kappa shape index (κ2) is 10.4. The van der Waals surface area contributed by atoms with Gasteiger partial charge in [0.25, 0.3) is 0 Å². The predicted molar refractivity (Wildman–Crippen MR) is 125 cm³/mol. The largest absolute Gasteiger partial charge is 0.460 e. The van der Waals surface area contributed by atoms with Crippen molar-refractivity contribution in [1.29, 1.82) is 0 Å². The summed E-state index contributed by atoms with van der Waals surface area (Å²) in [4.78, 5) is 17.4. The van der Waals surface area contributed by atoms with Crippen LogP contribution in [0, 0.1) is 0 Å². The Morgan fingerprint density at radius 1 is 0.781 bits per heavy atom. The van der Waals surface area contributed by atoms with E-state index in [2.05, 4.69) is 4.98 Å². The Balaban J connectivity index is 1.44. The van der Waals surface area contributed by atoms with Gasteiger partial charge in [0.1, 0.15) is 18.1 Å². The third-order valence-corrected chi connectivity index (χ3v) is 5.41. The molecule has 0 radical (unpaired) electrons. The number of rotatable bonds is 8. The van der Waals surface area contributed by atoms with Crippen LogP contribution >= 0.6 is 0 Å². The third kappa shape index (κ3) is 5.41. The highest BCUT2D eigenvalue weighted by Gasteiger charge is 2.29. The van der Waals surface area contributed by atoms with Crippen molar-refractivity contribution in [3.8, 4) is 11.5 Å². The molecule has 0 aliphatic carbocycles. The zero-order valence-corrected chi connectivity index (χ0v) is 17.9. The number of carbonyl (C=O) groups is 1. The number of ether oxygens (including phenoxy) is 2. The van der Waals surface area contributed by atoms with Crippen LogP contribution in [0.3, 0.4) is 0 Å². The van der Waals surface area contributed by atoms with Crippen LogP contribution in [0.1, 0.15) is 35.4 Å². The van der Waals surface area contributed by atoms with E-state index in [9.17, 15) is 4.79 Å². The second-order valence-corrected chi connectivity index (χ2v) is 7.63. The standard InChI is InChI=1S/C28H25NO3/c1-21(24-11-8-18-29-19-24)27(23-9-4-2-5-10-23)28(30)31-20-22-14-16-26(17-15-22)32-25-12-6-3-7-13-25/h2-19,21,27H,20H2,1H3. The van der Waals surface area contributed by atoms with Gasteiger partial charge < -0.3 is 9.47 Å². The minimum atomic E-state index is -0.416. The van der Waals surface area contributed by atoms with Crippen LogP contribution in [0.5, 0.6) is 11.5 Å². The molecular weight excluding hydrogens is 398 g/mol. The van der Waals surface area contributed by atoms with E-state index >= 15 is 0 Å². The molecule has 3 aromatic carbocycles. The van der Waals surface area contributed by atoms with E-state index in [0.717, 1.165) is 28.2 Å². The van der Waals surface area contributed by atoms with E-state index < -0.39 is 5.92 Å². The number of aromatic nitrogens is 1. The monoisotopic (exact) mass is 423 g/mol. The molecule has 4 aromatic rings. The van der Waals surface area contributed by atoms with Gasteiger partial charge in [-0.25, -0.2) is 0 Å². The molecule has 2 atom stereocenters. The van der Waals surface area contributed by atoms with Crippen molar-refractivity contribution in [2.45, 2.75) is 25.4 Å². The SMILES string of the molecule is CC(c1cccnc1)C(C(=O)OCc1ccc(Oc2ccccc2)cc1)c1ccccc1. The van der Waals surface area contributed by atoms with Crippen molar-refractivity contribution in [1.82, 2.24) is 4.98 Å². The Morgan fingerprint density at radius 2 is 1.41 bits per heavy atom. The van der Waals surface area contributed by atoms with E-state index in [1.807, 2.05) is 104 Å². The second-order valence-electron chi connectivity index (χ2n) is 7.63. The predicted octanol–water partition coefficient (Wildman–Crippen LogP) is 6.50. The Kier molecular flexibility index (Phi) is 6.93. The van der Waals surface area contributed by atoms with Gasteiger partial charge in [0.15, 0.2) is 0 Å². The van der Waals surface area contributed by atoms with Gasteiger partial charge in [-0.1, -0.05) is 73.7 Å². The molecule has 1 aromatic heterocycles. The first-order valence-electron chi connectivity index (χ1n) is 10.6. The average Bonchev–Trinajstić information content (AvgIpc) is 2.85. The van der Waals surface area contributed by atoms with Crippen molar-refractivity contribution in [2.24, 2.45) is 0 Å². The lowest BCUT2D eigenvalue weighted by molar-refractivity contribution is -0.147. The van der Waals surface area contributed by atoms with Gasteiger partial charge in [0.2, 0.25) is 0 Å². The van der Waals surface area contributed by atoms with Gasteiger partial charge in [-0.2, -0.15) is 0 Å². The number of pyridine rings is 1. The zero-order valence-electron chi connectivity index (χ0n) is 17.9. The number of esters is 1. The fourth-order valence-electron chi connectivity index (χ4n) is 3.65. The number of carbonyl (C=O) groups excluding carboxylic acids is 1. The minimum Gasteiger partial charge on any atom is -0.460 e. The summed E-state index contributed by atoms with van der Waals surface area (Å²) in [5.41, 5.74) is 2.83. The quantitative estimate of drug-likeness (QED) is 0.303. The lowest BCUT2D eigenvalue weighted by atomic mass is 9.83. The van der Waals surface area contributed by atoms with Gasteiger partial charge in [-0.15, -0.1) is 0 Å². The molecule has 0 amide bonds. The zero-order chi connectivity index (χ0) is 22.2. The summed E-state index contributed by atoms with van der Waals surface area (Å²) in [6.45, 7) is 2.24. The van der Waals surface area contributed by atoms with Gasteiger partial charge in [-0.05, 0) is 52.9 Å². The maximum absolute atomic E-state index is 13.2. The summed E-state index contributed by atoms with van der Waals surface area (Å²) < 4.78 is 11.6. The fourth-order valence-corrected chi connectivity index (χ4v) is 3.65. The molecule has 0 saturated carbocycles. The van der Waals surface area contributed by atoms with Crippen LogP contribution in [0.25, 0.3) is 0 Å². The van der Waals surface area contributed by atoms with Crippen LogP contribution < -0.4 is 4.74 Å². The molecule has 0 bridgehead atoms. The molecule has 160 valence electrons. The molecule has 0 saturated heterocycles. The van der Waals surface area contributed by atoms with Crippen molar-refractivity contribution < 1.29 is 14.3 Å². The van der Waals surface area contributed by atoms with Gasteiger partial charge in [0.05, 0.1) is 5.92 Å². The Morgan fingerprint density at radius 3 is 2.06 bits per heavy atom. The summed E-state index contributed by atoms with van der Waals surface area (Å²) in [6, 6.07) is 30.8. The summed E-state index contributed by atoms with van der Waals surface area (Å²) >= 11 is 0. The summed E-state index contributed by atoms with van der Waals surface area (Å²) in [5, 5.41) is 0. The molecule has 0 spiro atoms. The molecule has 0 aliphatic heterocycles. The number of hydrogen-bond donors (Lipinski definition) is 0. The lowest BCUT2D eigenvalue weighted by Crippen LogP contribution is -2.21. The van der Waals surface area contributed by atoms with E-state index in [0.29, 0.717) is 0 Å². The maximum atomic E-state index is 13.2. The highest BCUT2D eigenvalue weighted by Crippen LogP contribution is 2.34. The maximum Gasteiger partial charge on any atom is 0.314 e. The smallest absolute Gasteiger partial charge is 0.314 e. The first kappa shape index (κ1) is 21.3. The van der Waals surface area contributed by atoms with Crippen molar-refractivity contribution >= 4 is 5.97 Å². The van der Waals surface area contributed by atoms with E-state index in [-0.39, 0.29) is 18.5 Å². The van der Waals surface area contributed by atoms with Crippen molar-refractivity contribution in [2.75, 3.05) is 0 Å². The number of para-hydroxylation sites is 1. The average molecular weight is 424 g/mol. The molecule has 0 fully saturated rings. The normalized spacial score (nSPS) is 12.5. The third-order valence-electron chi connectivity index (χ3n) is 5.41. The molecule has 2 unspecified atom stereocenters. The topological polar surface area (TPSA) is 48.4 Å². The molecule has 0 N–H and O–H groups in total. The molecule has 1 heterocycles. The summed E-state index contributed by atoms with van der Waals surface area (Å²) in [7, 11) is 0. The fraction of sp³-hybridized carbons (Fsp3) is 0.143. The van der Waals surface area contributed by atoms with Crippen molar-refractivity contribution in [3.63, 3.8) is 0 Å². The molecule has 32 heavy (non-hydrogen) atoms. The van der Waals surface area contributed by atoms with E-state index in [1.165, 1.54) is 0 Å². The molecule has 4 heteroatoms. The van der Waals surface area contributed by atoms with Gasteiger partial charge >= 0.3 is 5.97 Å². The van der Waals surface area contributed by atoms with Gasteiger partial charge in [0, 0.05) is 12.4 Å². The molecule has 4 nitrogen and oxygen atoms in total. The Hall–Kier alpha value is -3.92. The van der Waals surface area contributed by atoms with Crippen LogP contribution in [0.4, 0.5) is 0 Å². The van der Waals surface area contributed by atoms with Crippen LogP contribution in [0.15, 0.2) is 109 Å². The van der Waals surface area contributed by atoms with Crippen LogP contribution in [-0.4, -0.2) is 11.0 Å². The number of benzene rings is 3. The molecular formula is C28H25NO3. The van der Waals surface area contributed by atoms with Gasteiger partial charge in [-0.3, -0.25) is 9.78 Å². The summed E-state index contributed by atoms with van der Waals surface area (Å²) in [5.74, 6) is 0.777. The Bertz CT molecular complexity index is 1110. The molecule has 4 rings (SSSR count). The van der Waals surface area contributed by atoms with E-state index in [4.69, 9.17) is 9.47 Å². The molecule has 0 aliphatic rings. The van der Waals surface area contributed by atoms with Crippen LogP contribution in [0.2, 0.25) is 0 Å². The van der Waals surface area contributed by atoms with Crippen molar-refractivity contribution in [3.05, 3.63) is 126 Å². The highest BCUT2D eigenvalue weighted by atomic mass is 16.5. The minimum absolute atomic E-state index is 0.0692. The number of nitrogens with zero attached hydrogens (tertiary/aromatic N) is 1. The number of hydrogen-bond acceptors (Lipinski definition) is 4. The van der Waals surface area contributed by atoms with E-state index in [1.54, 1.807) is 12.4 Å². The van der Waals surface area contributed by atoms with Crippen LogP contribution in [-0.2, 0) is 16.1 Å². The lowest BCUT2D eigenvalue weighted by Gasteiger charge is -2.23. The summed E-state index contributed by atoms with van der Waals surface area (Å²) in [6.07, 6.45) is 3.54.